The van der Waals surface area contributed by atoms with Gasteiger partial charge in [-0.15, -0.1) is 16.4 Å². The zero-order chi connectivity index (χ0) is 11.1. The summed E-state index contributed by atoms with van der Waals surface area (Å²) < 4.78 is 1.46. The van der Waals surface area contributed by atoms with Gasteiger partial charge in [-0.1, -0.05) is 6.07 Å². The molecule has 1 aliphatic rings. The van der Waals surface area contributed by atoms with Crippen molar-refractivity contribution in [1.29, 1.82) is 0 Å². The molecule has 1 aliphatic heterocycles. The lowest BCUT2D eigenvalue weighted by Gasteiger charge is -2.12. The molecule has 80 valence electrons. The normalized spacial score (nSPS) is 18.8. The number of nitrogens with two attached hydrogens (primary N) is 1. The van der Waals surface area contributed by atoms with Gasteiger partial charge in [0, 0.05) is 0 Å². The second-order valence-corrected chi connectivity index (χ2v) is 4.34. The van der Waals surface area contributed by atoms with Crippen LogP contribution in [0.3, 0.4) is 0 Å². The molecule has 0 aromatic carbocycles. The molecule has 0 radical (unpaired) electrons. The van der Waals surface area contributed by atoms with Gasteiger partial charge in [0.25, 0.3) is 0 Å². The van der Waals surface area contributed by atoms with Crippen molar-refractivity contribution in [3.63, 3.8) is 0 Å². The summed E-state index contributed by atoms with van der Waals surface area (Å²) in [4.78, 5) is 16.7. The number of allylic oxidation sites excluding steroid dienone is 1. The van der Waals surface area contributed by atoms with E-state index in [2.05, 4.69) is 10.1 Å². The van der Waals surface area contributed by atoms with E-state index in [1.165, 1.54) is 22.1 Å². The third-order valence-corrected chi connectivity index (χ3v) is 3.19. The molecule has 2 aromatic rings. The van der Waals surface area contributed by atoms with E-state index in [0.29, 0.717) is 11.6 Å². The molecule has 2 aromatic heterocycles. The SMILES string of the molecule is N[C@H]1C=CC(=O)c2nc(-c3cccs3)nn21. The Bertz CT molecular complexity index is 570. The van der Waals surface area contributed by atoms with Crippen LogP contribution in [0.25, 0.3) is 10.7 Å². The lowest BCUT2D eigenvalue weighted by Crippen LogP contribution is -2.25. The summed E-state index contributed by atoms with van der Waals surface area (Å²) in [5, 5.41) is 6.18. The van der Waals surface area contributed by atoms with Crippen LogP contribution in [0.15, 0.2) is 29.7 Å². The fourth-order valence-electron chi connectivity index (χ4n) is 1.55. The van der Waals surface area contributed by atoms with Crippen LogP contribution in [-0.4, -0.2) is 20.5 Å². The first-order valence-corrected chi connectivity index (χ1v) is 5.62. The molecular weight excluding hydrogens is 224 g/mol. The summed E-state index contributed by atoms with van der Waals surface area (Å²) in [6, 6.07) is 3.83. The summed E-state index contributed by atoms with van der Waals surface area (Å²) in [7, 11) is 0. The molecule has 3 heterocycles. The van der Waals surface area contributed by atoms with Gasteiger partial charge >= 0.3 is 0 Å². The number of nitrogens with zero attached hydrogens (tertiary/aromatic N) is 3. The van der Waals surface area contributed by atoms with Crippen LogP contribution < -0.4 is 5.73 Å². The molecule has 0 saturated heterocycles. The zero-order valence-electron chi connectivity index (χ0n) is 8.20. The van der Waals surface area contributed by atoms with E-state index in [4.69, 9.17) is 5.73 Å². The van der Waals surface area contributed by atoms with Crippen LogP contribution >= 0.6 is 11.3 Å². The molecule has 5 nitrogen and oxygen atoms in total. The number of fused-ring (bicyclic) bond motifs is 1. The van der Waals surface area contributed by atoms with Crippen molar-refractivity contribution in [3.05, 3.63) is 35.5 Å². The van der Waals surface area contributed by atoms with E-state index >= 15 is 0 Å². The molecule has 0 bridgehead atoms. The topological polar surface area (TPSA) is 73.8 Å². The summed E-state index contributed by atoms with van der Waals surface area (Å²) in [5.41, 5.74) is 5.80. The van der Waals surface area contributed by atoms with Gasteiger partial charge in [-0.3, -0.25) is 4.79 Å². The van der Waals surface area contributed by atoms with E-state index < -0.39 is 6.17 Å². The first-order chi connectivity index (χ1) is 7.75. The van der Waals surface area contributed by atoms with E-state index in [9.17, 15) is 4.79 Å². The zero-order valence-corrected chi connectivity index (χ0v) is 9.02. The minimum absolute atomic E-state index is 0.156. The molecule has 0 unspecified atom stereocenters. The first-order valence-electron chi connectivity index (χ1n) is 4.74. The predicted octanol–water partition coefficient (Wildman–Crippen LogP) is 1.22. The molecule has 0 spiro atoms. The number of carbonyl (C=O) groups excluding carboxylic acids is 1. The van der Waals surface area contributed by atoms with Crippen LogP contribution in [0.2, 0.25) is 0 Å². The summed E-state index contributed by atoms with van der Waals surface area (Å²) in [5.74, 6) is 0.702. The van der Waals surface area contributed by atoms with Crippen LogP contribution in [0.5, 0.6) is 0 Å². The number of aromatic nitrogens is 3. The minimum atomic E-state index is -0.408. The summed E-state index contributed by atoms with van der Waals surface area (Å²) in [6.07, 6.45) is 2.64. The number of carbonyl (C=O) groups is 1. The highest BCUT2D eigenvalue weighted by atomic mass is 32.1. The maximum atomic E-state index is 11.6. The van der Waals surface area contributed by atoms with Gasteiger partial charge in [-0.2, -0.15) is 0 Å². The third-order valence-electron chi connectivity index (χ3n) is 2.32. The largest absolute Gasteiger partial charge is 0.306 e. The molecule has 1 atom stereocenters. The Morgan fingerprint density at radius 2 is 2.38 bits per heavy atom. The highest BCUT2D eigenvalue weighted by Crippen LogP contribution is 2.23. The number of ketones is 1. The first kappa shape index (κ1) is 9.44. The molecule has 0 fully saturated rings. The van der Waals surface area contributed by atoms with Gasteiger partial charge < -0.3 is 5.73 Å². The fraction of sp³-hybridized carbons (Fsp3) is 0.100. The maximum Gasteiger partial charge on any atom is 0.222 e. The fourth-order valence-corrected chi connectivity index (χ4v) is 2.20. The number of hydrogen-bond acceptors (Lipinski definition) is 5. The summed E-state index contributed by atoms with van der Waals surface area (Å²) in [6.45, 7) is 0. The average molecular weight is 232 g/mol. The number of thiophene rings is 1. The van der Waals surface area contributed by atoms with Crippen molar-refractivity contribution >= 4 is 17.1 Å². The Morgan fingerprint density at radius 1 is 1.50 bits per heavy atom. The Hall–Kier alpha value is -1.79. The number of rotatable bonds is 1. The molecule has 0 saturated carbocycles. The maximum absolute atomic E-state index is 11.6. The van der Waals surface area contributed by atoms with Crippen molar-refractivity contribution in [2.24, 2.45) is 5.73 Å². The van der Waals surface area contributed by atoms with E-state index in [1.54, 1.807) is 6.08 Å². The van der Waals surface area contributed by atoms with Crippen molar-refractivity contribution in [3.8, 4) is 10.7 Å². The van der Waals surface area contributed by atoms with Crippen LogP contribution in [0, 0.1) is 0 Å². The van der Waals surface area contributed by atoms with Gasteiger partial charge in [0.1, 0.15) is 6.17 Å². The van der Waals surface area contributed by atoms with Crippen LogP contribution in [-0.2, 0) is 0 Å². The van der Waals surface area contributed by atoms with E-state index in [0.717, 1.165) is 4.88 Å². The Kier molecular flexibility index (Phi) is 1.98. The second-order valence-electron chi connectivity index (χ2n) is 3.39. The molecule has 0 amide bonds. The van der Waals surface area contributed by atoms with Gasteiger partial charge in [-0.25, -0.2) is 9.67 Å². The standard InChI is InChI=1S/C10H8N4OS/c11-8-4-3-6(15)10-12-9(13-14(8)10)7-2-1-5-16-7/h1-5,8H,11H2/t8-/m1/s1. The lowest BCUT2D eigenvalue weighted by atomic mass is 10.2. The predicted molar refractivity (Wildman–Crippen MR) is 60.0 cm³/mol. The Balaban J connectivity index is 2.14. The smallest absolute Gasteiger partial charge is 0.222 e. The Labute approximate surface area is 95.2 Å². The van der Waals surface area contributed by atoms with Gasteiger partial charge in [0.2, 0.25) is 11.6 Å². The van der Waals surface area contributed by atoms with Crippen molar-refractivity contribution in [2.45, 2.75) is 6.17 Å². The second kappa shape index (κ2) is 3.36. The van der Waals surface area contributed by atoms with Crippen molar-refractivity contribution < 1.29 is 4.79 Å². The van der Waals surface area contributed by atoms with Crippen LogP contribution in [0.4, 0.5) is 0 Å². The highest BCUT2D eigenvalue weighted by Gasteiger charge is 2.23. The van der Waals surface area contributed by atoms with Crippen molar-refractivity contribution in [2.75, 3.05) is 0 Å². The monoisotopic (exact) mass is 232 g/mol. The molecule has 2 N–H and O–H groups in total. The van der Waals surface area contributed by atoms with Gasteiger partial charge in [-0.05, 0) is 23.6 Å². The third kappa shape index (κ3) is 1.31. The van der Waals surface area contributed by atoms with Crippen molar-refractivity contribution in [1.82, 2.24) is 14.8 Å². The molecule has 6 heteroatoms. The summed E-state index contributed by atoms with van der Waals surface area (Å²) >= 11 is 1.53. The molecule has 16 heavy (non-hydrogen) atoms. The Morgan fingerprint density at radius 3 is 3.06 bits per heavy atom. The quantitative estimate of drug-likeness (QED) is 0.802. The van der Waals surface area contributed by atoms with E-state index in [1.807, 2.05) is 17.5 Å². The highest BCUT2D eigenvalue weighted by molar-refractivity contribution is 7.13. The lowest BCUT2D eigenvalue weighted by molar-refractivity contribution is 0.102. The number of hydrogen-bond donors (Lipinski definition) is 1. The van der Waals surface area contributed by atoms with Crippen LogP contribution in [0.1, 0.15) is 16.8 Å². The molecule has 0 aliphatic carbocycles. The van der Waals surface area contributed by atoms with E-state index in [-0.39, 0.29) is 5.78 Å². The molecular formula is C10H8N4OS. The van der Waals surface area contributed by atoms with Gasteiger partial charge in [0.15, 0.2) is 5.82 Å². The molecule has 3 rings (SSSR count). The minimum Gasteiger partial charge on any atom is -0.306 e. The van der Waals surface area contributed by atoms with Gasteiger partial charge in [0.05, 0.1) is 4.88 Å². The average Bonchev–Trinajstić information content (AvgIpc) is 2.90.